The van der Waals surface area contributed by atoms with Crippen LogP contribution in [0.1, 0.15) is 22.3 Å². The monoisotopic (exact) mass is 806 g/mol. The number of hydrogen-bond donors (Lipinski definition) is 0. The van der Waals surface area contributed by atoms with E-state index < -0.39 is 5.41 Å². The van der Waals surface area contributed by atoms with Gasteiger partial charge in [0.25, 0.3) is 0 Å². The average molecular weight is 807 g/mol. The number of rotatable bonds is 7. The first-order valence-corrected chi connectivity index (χ1v) is 22.0. The van der Waals surface area contributed by atoms with E-state index in [1.54, 1.807) is 0 Å². The van der Waals surface area contributed by atoms with Crippen molar-refractivity contribution in [3.8, 4) is 67.3 Å². The van der Waals surface area contributed by atoms with Crippen LogP contribution in [-0.2, 0) is 5.41 Å². The number of hydrogen-bond acceptors (Lipinski definition) is 3. The molecule has 0 N–H and O–H groups in total. The van der Waals surface area contributed by atoms with Crippen LogP contribution in [0.3, 0.4) is 0 Å². The maximum Gasteiger partial charge on any atom is 0.160 e. The zero-order valence-corrected chi connectivity index (χ0v) is 34.6. The van der Waals surface area contributed by atoms with E-state index in [4.69, 9.17) is 9.97 Å². The Labute approximate surface area is 365 Å². The molecular weight excluding hydrogens is 769 g/mol. The molecule has 62 heavy (non-hydrogen) atoms. The van der Waals surface area contributed by atoms with Crippen molar-refractivity contribution in [2.45, 2.75) is 5.41 Å². The summed E-state index contributed by atoms with van der Waals surface area (Å²) in [6, 6.07) is 83.4. The molecule has 2 aromatic heterocycles. The number of thiophene rings is 1. The lowest BCUT2D eigenvalue weighted by atomic mass is 9.67. The Kier molecular flexibility index (Phi) is 8.62. The maximum absolute atomic E-state index is 5.25. The summed E-state index contributed by atoms with van der Waals surface area (Å²) in [5.41, 5.74) is 16.7. The summed E-state index contributed by atoms with van der Waals surface area (Å²) >= 11 is 1.86. The molecule has 3 heteroatoms. The van der Waals surface area contributed by atoms with Crippen LogP contribution in [0.4, 0.5) is 0 Å². The largest absolute Gasteiger partial charge is 0.228 e. The van der Waals surface area contributed by atoms with Gasteiger partial charge in [0, 0.05) is 36.9 Å². The predicted molar refractivity (Wildman–Crippen MR) is 259 cm³/mol. The molecule has 11 aromatic rings. The highest BCUT2D eigenvalue weighted by atomic mass is 32.1. The van der Waals surface area contributed by atoms with Crippen LogP contribution in [-0.4, -0.2) is 9.97 Å². The molecule has 0 fully saturated rings. The summed E-state index contributed by atoms with van der Waals surface area (Å²) in [5, 5.41) is 2.60. The smallest absolute Gasteiger partial charge is 0.160 e. The lowest BCUT2D eigenvalue weighted by Crippen LogP contribution is -2.28. The SMILES string of the molecule is c1ccc(-c2nc(-c3cccc(-c4cccc(C5(c6ccccc6)c6ccccc6-c6ccccc65)c4)c3)cc(-c3cccc(-c4cccc5c4sc4ccccc45)c3)n2)cc1. The van der Waals surface area contributed by atoms with Crippen molar-refractivity contribution in [1.29, 1.82) is 0 Å². The molecule has 0 unspecified atom stereocenters. The minimum absolute atomic E-state index is 0.467. The number of nitrogens with zero attached hydrogens (tertiary/aromatic N) is 2. The Hall–Kier alpha value is -7.72. The van der Waals surface area contributed by atoms with Gasteiger partial charge in [-0.25, -0.2) is 9.97 Å². The molecule has 2 heterocycles. The summed E-state index contributed by atoms with van der Waals surface area (Å²) < 4.78 is 2.61. The minimum Gasteiger partial charge on any atom is -0.228 e. The van der Waals surface area contributed by atoms with Crippen LogP contribution in [0.2, 0.25) is 0 Å². The number of benzene rings is 9. The fourth-order valence-electron chi connectivity index (χ4n) is 9.78. The second kappa shape index (κ2) is 14.8. The number of aromatic nitrogens is 2. The molecule has 0 bridgehead atoms. The Bertz CT molecular complexity index is 3430. The normalized spacial score (nSPS) is 12.6. The Morgan fingerprint density at radius 3 is 1.53 bits per heavy atom. The van der Waals surface area contributed by atoms with Crippen molar-refractivity contribution >= 4 is 31.5 Å². The quantitative estimate of drug-likeness (QED) is 0.160. The van der Waals surface area contributed by atoms with Crippen LogP contribution >= 0.6 is 11.3 Å². The summed E-state index contributed by atoms with van der Waals surface area (Å²) in [7, 11) is 0. The van der Waals surface area contributed by atoms with Crippen molar-refractivity contribution in [2.24, 2.45) is 0 Å². The first kappa shape index (κ1) is 36.2. The molecule has 0 saturated heterocycles. The molecule has 0 aliphatic heterocycles. The molecule has 0 atom stereocenters. The summed E-state index contributed by atoms with van der Waals surface area (Å²) in [5.74, 6) is 0.700. The summed E-state index contributed by atoms with van der Waals surface area (Å²) in [6.45, 7) is 0. The molecule has 1 aliphatic carbocycles. The van der Waals surface area contributed by atoms with E-state index in [0.717, 1.165) is 39.2 Å². The first-order valence-electron chi connectivity index (χ1n) is 21.1. The Morgan fingerprint density at radius 1 is 0.323 bits per heavy atom. The van der Waals surface area contributed by atoms with E-state index in [-0.39, 0.29) is 0 Å². The van der Waals surface area contributed by atoms with Crippen molar-refractivity contribution in [2.75, 3.05) is 0 Å². The molecule has 0 amide bonds. The van der Waals surface area contributed by atoms with Gasteiger partial charge in [0.05, 0.1) is 16.8 Å². The summed E-state index contributed by atoms with van der Waals surface area (Å²) in [4.78, 5) is 10.5. The summed E-state index contributed by atoms with van der Waals surface area (Å²) in [6.07, 6.45) is 0. The van der Waals surface area contributed by atoms with Crippen LogP contribution in [0.25, 0.3) is 87.5 Å². The minimum atomic E-state index is -0.467. The Balaban J connectivity index is 0.984. The molecule has 9 aromatic carbocycles. The van der Waals surface area contributed by atoms with Gasteiger partial charge < -0.3 is 0 Å². The molecule has 290 valence electrons. The second-order valence-corrected chi connectivity index (χ2v) is 17.1. The van der Waals surface area contributed by atoms with Gasteiger partial charge in [-0.3, -0.25) is 0 Å². The maximum atomic E-state index is 5.25. The molecule has 0 radical (unpaired) electrons. The van der Waals surface area contributed by atoms with Crippen molar-refractivity contribution in [3.05, 3.63) is 253 Å². The van der Waals surface area contributed by atoms with Gasteiger partial charge in [-0.2, -0.15) is 0 Å². The van der Waals surface area contributed by atoms with E-state index in [1.807, 2.05) is 29.5 Å². The van der Waals surface area contributed by atoms with Crippen molar-refractivity contribution in [1.82, 2.24) is 9.97 Å². The van der Waals surface area contributed by atoms with E-state index in [1.165, 1.54) is 64.7 Å². The molecule has 0 spiro atoms. The van der Waals surface area contributed by atoms with Crippen molar-refractivity contribution < 1.29 is 0 Å². The third-order valence-electron chi connectivity index (χ3n) is 12.6. The van der Waals surface area contributed by atoms with Crippen LogP contribution < -0.4 is 0 Å². The number of fused-ring (bicyclic) bond motifs is 6. The molecule has 1 aliphatic rings. The molecule has 0 saturated carbocycles. The molecule has 12 rings (SSSR count). The topological polar surface area (TPSA) is 25.8 Å². The fourth-order valence-corrected chi connectivity index (χ4v) is 11.0. The van der Waals surface area contributed by atoms with E-state index in [9.17, 15) is 0 Å². The van der Waals surface area contributed by atoms with E-state index >= 15 is 0 Å². The zero-order chi connectivity index (χ0) is 41.0. The Morgan fingerprint density at radius 2 is 0.806 bits per heavy atom. The first-order chi connectivity index (χ1) is 30.7. The standard InChI is InChI=1S/C59H38N2S/c1-3-17-39(18-4-1)58-60-54(38-55(61-58)44-23-14-21-42(36-44)47-30-16-31-51-50-29-9-12-34-56(50)62-57(47)51)43-22-13-19-40(35-43)41-20-15-26-46(37-41)59(45-24-5-2-6-25-45)52-32-10-7-27-48(52)49-28-8-11-33-53(49)59/h1-38H. The molecule has 2 nitrogen and oxygen atoms in total. The third-order valence-corrected chi connectivity index (χ3v) is 13.8. The fraction of sp³-hybridized carbons (Fsp3) is 0.0169. The lowest BCUT2D eigenvalue weighted by molar-refractivity contribution is 0.769. The van der Waals surface area contributed by atoms with Gasteiger partial charge in [-0.05, 0) is 86.0 Å². The lowest BCUT2D eigenvalue weighted by Gasteiger charge is -2.34. The van der Waals surface area contributed by atoms with Gasteiger partial charge in [-0.15, -0.1) is 11.3 Å². The predicted octanol–water partition coefficient (Wildman–Crippen LogP) is 15.5. The van der Waals surface area contributed by atoms with Gasteiger partial charge in [0.15, 0.2) is 5.82 Å². The highest BCUT2D eigenvalue weighted by molar-refractivity contribution is 7.26. The van der Waals surface area contributed by atoms with Crippen LogP contribution in [0, 0.1) is 0 Å². The van der Waals surface area contributed by atoms with E-state index in [0.29, 0.717) is 5.82 Å². The van der Waals surface area contributed by atoms with Gasteiger partial charge in [0.1, 0.15) is 0 Å². The van der Waals surface area contributed by atoms with E-state index in [2.05, 4.69) is 212 Å². The third kappa shape index (κ3) is 5.85. The van der Waals surface area contributed by atoms with Crippen molar-refractivity contribution in [3.63, 3.8) is 0 Å². The molecular formula is C59H38N2S. The van der Waals surface area contributed by atoms with Crippen LogP contribution in [0.15, 0.2) is 231 Å². The van der Waals surface area contributed by atoms with Gasteiger partial charge in [-0.1, -0.05) is 200 Å². The highest BCUT2D eigenvalue weighted by Crippen LogP contribution is 2.56. The average Bonchev–Trinajstić information content (AvgIpc) is 3.89. The zero-order valence-electron chi connectivity index (χ0n) is 33.7. The highest BCUT2D eigenvalue weighted by Gasteiger charge is 2.45. The van der Waals surface area contributed by atoms with Crippen LogP contribution in [0.5, 0.6) is 0 Å². The van der Waals surface area contributed by atoms with Gasteiger partial charge in [0.2, 0.25) is 0 Å². The van der Waals surface area contributed by atoms with Gasteiger partial charge >= 0.3 is 0 Å². The second-order valence-electron chi connectivity index (χ2n) is 16.1.